The van der Waals surface area contributed by atoms with Gasteiger partial charge in [-0.2, -0.15) is 0 Å². The molecule has 0 atom stereocenters. The molecule has 0 saturated heterocycles. The van der Waals surface area contributed by atoms with E-state index in [1.807, 2.05) is 12.1 Å². The number of rotatable bonds is 4. The normalized spacial score (nSPS) is 15.3. The van der Waals surface area contributed by atoms with Crippen LogP contribution in [0.1, 0.15) is 26.2 Å². The van der Waals surface area contributed by atoms with Crippen molar-refractivity contribution < 1.29 is 0 Å². The zero-order valence-corrected chi connectivity index (χ0v) is 10.6. The van der Waals surface area contributed by atoms with Crippen LogP contribution in [-0.2, 0) is 0 Å². The van der Waals surface area contributed by atoms with Crippen LogP contribution in [0.4, 0.5) is 11.4 Å². The molecule has 0 unspecified atom stereocenters. The van der Waals surface area contributed by atoms with Crippen molar-refractivity contribution >= 4 is 27.3 Å². The Morgan fingerprint density at radius 2 is 2.20 bits per heavy atom. The van der Waals surface area contributed by atoms with Crippen LogP contribution in [0.5, 0.6) is 0 Å². The molecule has 1 saturated carbocycles. The molecule has 15 heavy (non-hydrogen) atoms. The van der Waals surface area contributed by atoms with E-state index in [2.05, 4.69) is 33.8 Å². The van der Waals surface area contributed by atoms with Crippen LogP contribution in [0.2, 0.25) is 0 Å². The highest BCUT2D eigenvalue weighted by Crippen LogP contribution is 2.36. The van der Waals surface area contributed by atoms with E-state index in [1.165, 1.54) is 24.9 Å². The first-order valence-electron chi connectivity index (χ1n) is 5.54. The molecule has 1 aromatic rings. The molecule has 1 aromatic carbocycles. The van der Waals surface area contributed by atoms with Gasteiger partial charge < -0.3 is 10.6 Å². The Kier molecular flexibility index (Phi) is 3.19. The maximum atomic E-state index is 5.74. The van der Waals surface area contributed by atoms with Crippen LogP contribution in [0.3, 0.4) is 0 Å². The number of halogens is 1. The topological polar surface area (TPSA) is 29.3 Å². The lowest BCUT2D eigenvalue weighted by atomic mass is 10.2. The second-order valence-electron chi connectivity index (χ2n) is 4.14. The van der Waals surface area contributed by atoms with Crippen molar-refractivity contribution in [2.45, 2.75) is 32.2 Å². The van der Waals surface area contributed by atoms with Crippen LogP contribution in [0.15, 0.2) is 22.7 Å². The summed E-state index contributed by atoms with van der Waals surface area (Å²) in [5, 5.41) is 0. The number of benzene rings is 1. The second kappa shape index (κ2) is 4.44. The van der Waals surface area contributed by atoms with E-state index in [-0.39, 0.29) is 0 Å². The Labute approximate surface area is 99.6 Å². The van der Waals surface area contributed by atoms with Gasteiger partial charge in [0, 0.05) is 22.7 Å². The summed E-state index contributed by atoms with van der Waals surface area (Å²) in [6.45, 7) is 3.35. The smallest absolute Gasteiger partial charge is 0.0514 e. The summed E-state index contributed by atoms with van der Waals surface area (Å²) in [4.78, 5) is 2.49. The number of nitrogen functional groups attached to an aromatic ring is 1. The van der Waals surface area contributed by atoms with Crippen molar-refractivity contribution in [3.63, 3.8) is 0 Å². The summed E-state index contributed by atoms with van der Waals surface area (Å²) >= 11 is 3.59. The van der Waals surface area contributed by atoms with Crippen molar-refractivity contribution in [1.82, 2.24) is 0 Å². The molecular formula is C12H17BrN2. The Hall–Kier alpha value is -0.700. The molecule has 2 rings (SSSR count). The first-order chi connectivity index (χ1) is 7.22. The maximum absolute atomic E-state index is 5.74. The fourth-order valence-electron chi connectivity index (χ4n) is 1.88. The van der Waals surface area contributed by atoms with Crippen molar-refractivity contribution in [2.75, 3.05) is 17.2 Å². The fourth-order valence-corrected chi connectivity index (χ4v) is 2.51. The second-order valence-corrected chi connectivity index (χ2v) is 4.99. The van der Waals surface area contributed by atoms with E-state index in [0.29, 0.717) is 0 Å². The maximum Gasteiger partial charge on any atom is 0.0514 e. The minimum absolute atomic E-state index is 0.755. The van der Waals surface area contributed by atoms with Gasteiger partial charge in [0.15, 0.2) is 0 Å². The van der Waals surface area contributed by atoms with Gasteiger partial charge in [-0.25, -0.2) is 0 Å². The van der Waals surface area contributed by atoms with Gasteiger partial charge >= 0.3 is 0 Å². The van der Waals surface area contributed by atoms with E-state index in [9.17, 15) is 0 Å². The molecule has 1 aliphatic rings. The lowest BCUT2D eigenvalue weighted by Gasteiger charge is -2.25. The molecular weight excluding hydrogens is 252 g/mol. The van der Waals surface area contributed by atoms with Gasteiger partial charge in [-0.05, 0) is 53.4 Å². The van der Waals surface area contributed by atoms with E-state index < -0.39 is 0 Å². The highest BCUT2D eigenvalue weighted by Gasteiger charge is 2.29. The van der Waals surface area contributed by atoms with Crippen LogP contribution in [0.25, 0.3) is 0 Å². The first-order valence-corrected chi connectivity index (χ1v) is 6.33. The Morgan fingerprint density at radius 1 is 1.47 bits per heavy atom. The van der Waals surface area contributed by atoms with Crippen LogP contribution in [0, 0.1) is 0 Å². The van der Waals surface area contributed by atoms with Crippen molar-refractivity contribution in [3.05, 3.63) is 22.7 Å². The highest BCUT2D eigenvalue weighted by molar-refractivity contribution is 9.10. The molecule has 0 heterocycles. The molecule has 0 aliphatic heterocycles. The largest absolute Gasteiger partial charge is 0.399 e. The molecule has 1 aliphatic carbocycles. The molecule has 2 nitrogen and oxygen atoms in total. The van der Waals surface area contributed by atoms with Gasteiger partial charge in [0.2, 0.25) is 0 Å². The SMILES string of the molecule is CCCN(c1ccc(N)cc1Br)C1CC1. The highest BCUT2D eigenvalue weighted by atomic mass is 79.9. The van der Waals surface area contributed by atoms with E-state index in [0.717, 1.165) is 22.7 Å². The monoisotopic (exact) mass is 268 g/mol. The molecule has 82 valence electrons. The number of nitrogens with two attached hydrogens (primary N) is 1. The first kappa shape index (κ1) is 10.8. The molecule has 0 bridgehead atoms. The molecule has 0 radical (unpaired) electrons. The van der Waals surface area contributed by atoms with Gasteiger partial charge in [-0.3, -0.25) is 0 Å². The molecule has 0 amide bonds. The average Bonchev–Trinajstić information content (AvgIpc) is 2.98. The summed E-state index contributed by atoms with van der Waals surface area (Å²) in [5.74, 6) is 0. The van der Waals surface area contributed by atoms with Crippen molar-refractivity contribution in [3.8, 4) is 0 Å². The lowest BCUT2D eigenvalue weighted by Crippen LogP contribution is -2.26. The zero-order chi connectivity index (χ0) is 10.8. The van der Waals surface area contributed by atoms with Crippen molar-refractivity contribution in [2.24, 2.45) is 0 Å². The third-order valence-electron chi connectivity index (χ3n) is 2.73. The molecule has 1 fully saturated rings. The predicted octanol–water partition coefficient (Wildman–Crippen LogP) is 3.41. The number of anilines is 2. The summed E-state index contributed by atoms with van der Waals surface area (Å²) in [5.41, 5.74) is 7.85. The lowest BCUT2D eigenvalue weighted by molar-refractivity contribution is 0.761. The Morgan fingerprint density at radius 3 is 2.73 bits per heavy atom. The van der Waals surface area contributed by atoms with Gasteiger partial charge in [-0.1, -0.05) is 6.92 Å². The minimum atomic E-state index is 0.755. The Bertz CT molecular complexity index is 347. The molecule has 0 spiro atoms. The molecule has 3 heteroatoms. The van der Waals surface area contributed by atoms with E-state index in [4.69, 9.17) is 5.73 Å². The van der Waals surface area contributed by atoms with Crippen molar-refractivity contribution in [1.29, 1.82) is 0 Å². The zero-order valence-electron chi connectivity index (χ0n) is 9.04. The van der Waals surface area contributed by atoms with Gasteiger partial charge in [0.05, 0.1) is 5.69 Å². The standard InChI is InChI=1S/C12H17BrN2/c1-2-7-15(10-4-5-10)12-6-3-9(14)8-11(12)13/h3,6,8,10H,2,4-5,7,14H2,1H3. The summed E-state index contributed by atoms with van der Waals surface area (Å²) in [7, 11) is 0. The number of nitrogens with zero attached hydrogens (tertiary/aromatic N) is 1. The third-order valence-corrected chi connectivity index (χ3v) is 3.37. The third kappa shape index (κ3) is 2.46. The summed E-state index contributed by atoms with van der Waals surface area (Å²) < 4.78 is 1.11. The van der Waals surface area contributed by atoms with Crippen LogP contribution < -0.4 is 10.6 Å². The van der Waals surface area contributed by atoms with E-state index >= 15 is 0 Å². The van der Waals surface area contributed by atoms with Gasteiger partial charge in [-0.15, -0.1) is 0 Å². The molecule has 0 aromatic heterocycles. The minimum Gasteiger partial charge on any atom is -0.399 e. The number of hydrogen-bond donors (Lipinski definition) is 1. The fraction of sp³-hybridized carbons (Fsp3) is 0.500. The molecule has 2 N–H and O–H groups in total. The average molecular weight is 269 g/mol. The Balaban J connectivity index is 2.24. The van der Waals surface area contributed by atoms with Crippen LogP contribution in [-0.4, -0.2) is 12.6 Å². The number of hydrogen-bond acceptors (Lipinski definition) is 2. The quantitative estimate of drug-likeness (QED) is 0.849. The summed E-state index contributed by atoms with van der Waals surface area (Å²) in [6, 6.07) is 6.84. The predicted molar refractivity (Wildman–Crippen MR) is 69.2 cm³/mol. The summed E-state index contributed by atoms with van der Waals surface area (Å²) in [6.07, 6.45) is 3.85. The van der Waals surface area contributed by atoms with Gasteiger partial charge in [0.1, 0.15) is 0 Å². The van der Waals surface area contributed by atoms with Crippen LogP contribution >= 0.6 is 15.9 Å². The van der Waals surface area contributed by atoms with Gasteiger partial charge in [0.25, 0.3) is 0 Å². The van der Waals surface area contributed by atoms with E-state index in [1.54, 1.807) is 0 Å².